The second-order valence-corrected chi connectivity index (χ2v) is 6.83. The summed E-state index contributed by atoms with van der Waals surface area (Å²) in [6, 6.07) is 12.1. The number of sulfone groups is 1. The molecule has 4 nitrogen and oxygen atoms in total. The molecule has 1 aliphatic rings. The number of anilines is 2. The van der Waals surface area contributed by atoms with Gasteiger partial charge in [-0.1, -0.05) is 17.7 Å². The summed E-state index contributed by atoms with van der Waals surface area (Å²) in [6.45, 7) is 3.57. The second-order valence-electron chi connectivity index (χ2n) is 4.88. The van der Waals surface area contributed by atoms with Crippen molar-refractivity contribution >= 4 is 21.2 Å². The molecule has 0 amide bonds. The molecule has 0 atom stereocenters. The van der Waals surface area contributed by atoms with Crippen LogP contribution in [0.4, 0.5) is 11.4 Å². The fraction of sp³-hybridized carbons (Fsp3) is 0.200. The lowest BCUT2D eigenvalue weighted by molar-refractivity contribution is 0.596. The second kappa shape index (κ2) is 4.83. The molecule has 1 aliphatic heterocycles. The van der Waals surface area contributed by atoms with Crippen LogP contribution in [0, 0.1) is 6.92 Å². The van der Waals surface area contributed by atoms with Crippen molar-refractivity contribution in [3.63, 3.8) is 0 Å². The van der Waals surface area contributed by atoms with E-state index < -0.39 is 9.84 Å². The predicted octanol–water partition coefficient (Wildman–Crippen LogP) is 2.67. The first kappa shape index (κ1) is 13.0. The standard InChI is InChI=1S/C15H16N2O2S/c1-11-2-4-12(5-3-11)20(18,19)13-6-7-14-15(10-13)17-9-8-16-14/h2-7,10,16-17H,8-9H2,1H3. The lowest BCUT2D eigenvalue weighted by Crippen LogP contribution is -2.20. The van der Waals surface area contributed by atoms with Crippen LogP contribution in [0.3, 0.4) is 0 Å². The highest BCUT2D eigenvalue weighted by atomic mass is 32.2. The summed E-state index contributed by atoms with van der Waals surface area (Å²) >= 11 is 0. The fourth-order valence-corrected chi connectivity index (χ4v) is 3.53. The first-order valence-corrected chi connectivity index (χ1v) is 7.99. The van der Waals surface area contributed by atoms with Crippen LogP contribution in [0.25, 0.3) is 0 Å². The van der Waals surface area contributed by atoms with Gasteiger partial charge in [0.15, 0.2) is 0 Å². The lowest BCUT2D eigenvalue weighted by Gasteiger charge is -2.20. The van der Waals surface area contributed by atoms with Gasteiger partial charge in [-0.3, -0.25) is 0 Å². The number of benzene rings is 2. The van der Waals surface area contributed by atoms with Gasteiger partial charge in [-0.15, -0.1) is 0 Å². The average molecular weight is 288 g/mol. The third-order valence-electron chi connectivity index (χ3n) is 3.39. The van der Waals surface area contributed by atoms with Crippen molar-refractivity contribution in [2.75, 3.05) is 23.7 Å². The zero-order valence-electron chi connectivity index (χ0n) is 11.2. The van der Waals surface area contributed by atoms with Crippen LogP contribution in [-0.2, 0) is 9.84 Å². The minimum absolute atomic E-state index is 0.316. The number of hydrogen-bond acceptors (Lipinski definition) is 4. The minimum atomic E-state index is -3.46. The van der Waals surface area contributed by atoms with Crippen molar-refractivity contribution < 1.29 is 8.42 Å². The van der Waals surface area contributed by atoms with Gasteiger partial charge < -0.3 is 10.6 Å². The number of hydrogen-bond donors (Lipinski definition) is 2. The third-order valence-corrected chi connectivity index (χ3v) is 5.16. The smallest absolute Gasteiger partial charge is 0.206 e. The molecule has 0 unspecified atom stereocenters. The molecule has 0 bridgehead atoms. The van der Waals surface area contributed by atoms with Crippen molar-refractivity contribution in [1.82, 2.24) is 0 Å². The number of rotatable bonds is 2. The SMILES string of the molecule is Cc1ccc(S(=O)(=O)c2ccc3c(c2)NCCN3)cc1. The Labute approximate surface area is 118 Å². The summed E-state index contributed by atoms with van der Waals surface area (Å²) in [6.07, 6.45) is 0. The van der Waals surface area contributed by atoms with Crippen LogP contribution in [0.2, 0.25) is 0 Å². The molecule has 0 saturated heterocycles. The molecular formula is C15H16N2O2S. The van der Waals surface area contributed by atoms with Crippen LogP contribution in [0.1, 0.15) is 5.56 Å². The molecular weight excluding hydrogens is 272 g/mol. The average Bonchev–Trinajstić information content (AvgIpc) is 2.47. The Bertz CT molecular complexity index is 737. The van der Waals surface area contributed by atoms with E-state index in [-0.39, 0.29) is 0 Å². The molecule has 104 valence electrons. The zero-order chi connectivity index (χ0) is 14.2. The van der Waals surface area contributed by atoms with Gasteiger partial charge in [-0.25, -0.2) is 8.42 Å². The lowest BCUT2D eigenvalue weighted by atomic mass is 10.2. The maximum absolute atomic E-state index is 12.6. The molecule has 0 radical (unpaired) electrons. The van der Waals surface area contributed by atoms with Crippen molar-refractivity contribution in [2.24, 2.45) is 0 Å². The normalized spacial score (nSPS) is 14.1. The molecule has 5 heteroatoms. The Kier molecular flexibility index (Phi) is 3.14. The summed E-state index contributed by atoms with van der Waals surface area (Å²) < 4.78 is 25.2. The first-order valence-electron chi connectivity index (χ1n) is 6.51. The maximum atomic E-state index is 12.6. The quantitative estimate of drug-likeness (QED) is 0.892. The number of nitrogens with one attached hydrogen (secondary N) is 2. The summed E-state index contributed by atoms with van der Waals surface area (Å²) in [7, 11) is -3.46. The largest absolute Gasteiger partial charge is 0.382 e. The number of fused-ring (bicyclic) bond motifs is 1. The highest BCUT2D eigenvalue weighted by Gasteiger charge is 2.19. The summed E-state index contributed by atoms with van der Waals surface area (Å²) in [5, 5.41) is 6.44. The monoisotopic (exact) mass is 288 g/mol. The van der Waals surface area contributed by atoms with Gasteiger partial charge >= 0.3 is 0 Å². The highest BCUT2D eigenvalue weighted by molar-refractivity contribution is 7.91. The Morgan fingerprint density at radius 1 is 0.850 bits per heavy atom. The van der Waals surface area contributed by atoms with Gasteiger partial charge in [0.25, 0.3) is 0 Å². The molecule has 0 aliphatic carbocycles. The Hall–Kier alpha value is -2.01. The van der Waals surface area contributed by atoms with Crippen molar-refractivity contribution in [2.45, 2.75) is 16.7 Å². The van der Waals surface area contributed by atoms with Crippen LogP contribution >= 0.6 is 0 Å². The first-order chi connectivity index (χ1) is 9.57. The molecule has 1 heterocycles. The minimum Gasteiger partial charge on any atom is -0.382 e. The van der Waals surface area contributed by atoms with E-state index in [2.05, 4.69) is 10.6 Å². The van der Waals surface area contributed by atoms with E-state index in [1.165, 1.54) is 0 Å². The van der Waals surface area contributed by atoms with E-state index >= 15 is 0 Å². The van der Waals surface area contributed by atoms with E-state index in [1.807, 2.05) is 25.1 Å². The molecule has 2 aromatic rings. The van der Waals surface area contributed by atoms with Crippen molar-refractivity contribution in [3.8, 4) is 0 Å². The van der Waals surface area contributed by atoms with E-state index in [0.717, 1.165) is 30.0 Å². The highest BCUT2D eigenvalue weighted by Crippen LogP contribution is 2.30. The summed E-state index contributed by atoms with van der Waals surface area (Å²) in [5.74, 6) is 0. The van der Waals surface area contributed by atoms with Crippen LogP contribution < -0.4 is 10.6 Å². The van der Waals surface area contributed by atoms with Gasteiger partial charge in [0, 0.05) is 13.1 Å². The molecule has 0 aromatic heterocycles. The Morgan fingerprint density at radius 2 is 1.45 bits per heavy atom. The third kappa shape index (κ3) is 2.25. The molecule has 20 heavy (non-hydrogen) atoms. The molecule has 2 N–H and O–H groups in total. The summed E-state index contributed by atoms with van der Waals surface area (Å²) in [5.41, 5.74) is 2.82. The van der Waals surface area contributed by atoms with Crippen molar-refractivity contribution in [1.29, 1.82) is 0 Å². The molecule has 0 saturated carbocycles. The molecule has 2 aromatic carbocycles. The van der Waals surface area contributed by atoms with Crippen LogP contribution in [0.15, 0.2) is 52.3 Å². The Morgan fingerprint density at radius 3 is 2.15 bits per heavy atom. The van der Waals surface area contributed by atoms with E-state index in [9.17, 15) is 8.42 Å². The Balaban J connectivity index is 2.05. The number of aryl methyl sites for hydroxylation is 1. The van der Waals surface area contributed by atoms with Gasteiger partial charge in [0.05, 0.1) is 21.2 Å². The van der Waals surface area contributed by atoms with Gasteiger partial charge in [0.1, 0.15) is 0 Å². The summed E-state index contributed by atoms with van der Waals surface area (Å²) in [4.78, 5) is 0.642. The van der Waals surface area contributed by atoms with Crippen LogP contribution in [-0.4, -0.2) is 21.5 Å². The fourth-order valence-electron chi connectivity index (χ4n) is 2.24. The molecule has 0 spiro atoms. The van der Waals surface area contributed by atoms with Gasteiger partial charge in [-0.2, -0.15) is 0 Å². The predicted molar refractivity (Wildman–Crippen MR) is 80.1 cm³/mol. The van der Waals surface area contributed by atoms with E-state index in [4.69, 9.17) is 0 Å². The van der Waals surface area contributed by atoms with E-state index in [1.54, 1.807) is 24.3 Å². The topological polar surface area (TPSA) is 58.2 Å². The van der Waals surface area contributed by atoms with Gasteiger partial charge in [0.2, 0.25) is 9.84 Å². The molecule has 3 rings (SSSR count). The van der Waals surface area contributed by atoms with Crippen LogP contribution in [0.5, 0.6) is 0 Å². The van der Waals surface area contributed by atoms with Gasteiger partial charge in [-0.05, 0) is 37.3 Å². The molecule has 0 fully saturated rings. The van der Waals surface area contributed by atoms with E-state index in [0.29, 0.717) is 9.79 Å². The zero-order valence-corrected chi connectivity index (χ0v) is 12.0. The van der Waals surface area contributed by atoms with Crippen molar-refractivity contribution in [3.05, 3.63) is 48.0 Å². The maximum Gasteiger partial charge on any atom is 0.206 e.